The Morgan fingerprint density at radius 3 is 2.79 bits per heavy atom. The molecule has 4 aromatic rings. The highest BCUT2D eigenvalue weighted by Gasteiger charge is 2.19. The summed E-state index contributed by atoms with van der Waals surface area (Å²) >= 11 is 0. The van der Waals surface area contributed by atoms with Gasteiger partial charge in [0.15, 0.2) is 0 Å². The van der Waals surface area contributed by atoms with Crippen molar-refractivity contribution in [3.8, 4) is 11.6 Å². The molecule has 2 aromatic heterocycles. The third-order valence-electron chi connectivity index (χ3n) is 7.17. The molecule has 3 N–H and O–H groups in total. The van der Waals surface area contributed by atoms with Crippen LogP contribution >= 0.6 is 0 Å². The van der Waals surface area contributed by atoms with E-state index in [9.17, 15) is 4.79 Å². The molecule has 1 aliphatic heterocycles. The van der Waals surface area contributed by atoms with Gasteiger partial charge in [-0.3, -0.25) is 4.79 Å². The van der Waals surface area contributed by atoms with Gasteiger partial charge in [-0.15, -0.1) is 0 Å². The normalized spacial score (nSPS) is 14.2. The van der Waals surface area contributed by atoms with Gasteiger partial charge < -0.3 is 35.1 Å². The van der Waals surface area contributed by atoms with Crippen LogP contribution in [0.15, 0.2) is 61.3 Å². The summed E-state index contributed by atoms with van der Waals surface area (Å²) in [6.07, 6.45) is 4.86. The van der Waals surface area contributed by atoms with Crippen LogP contribution in [0.25, 0.3) is 11.0 Å². The Kier molecular flexibility index (Phi) is 8.99. The molecule has 2 aromatic carbocycles. The summed E-state index contributed by atoms with van der Waals surface area (Å²) in [4.78, 5) is 30.9. The van der Waals surface area contributed by atoms with Gasteiger partial charge >= 0.3 is 0 Å². The number of fused-ring (bicyclic) bond motifs is 1. The number of halogens is 1. The lowest BCUT2D eigenvalue weighted by molar-refractivity contribution is -0.111. The van der Waals surface area contributed by atoms with Crippen molar-refractivity contribution in [2.75, 3.05) is 69.4 Å². The standard InChI is InChI=1S/C31H37FN8O2/c1-5-27(41)34-22-8-6-9-24(18-22)42-30-28-21(12-15-38(2)3)20-33-29(28)36-31(37-30)35-23-10-11-26(25(32)19-23)40-14-7-13-39(4)16-17-40/h5-6,8-11,18-20H,1,7,12-17H2,2-4H3,(H,34,41)(H2,33,35,36,37). The molecule has 0 atom stereocenters. The second-order valence-corrected chi connectivity index (χ2v) is 10.7. The number of amides is 1. The third-order valence-corrected chi connectivity index (χ3v) is 7.17. The number of hydrogen-bond donors (Lipinski definition) is 3. The lowest BCUT2D eigenvalue weighted by atomic mass is 10.1. The van der Waals surface area contributed by atoms with Crippen molar-refractivity contribution in [2.45, 2.75) is 12.8 Å². The molecule has 42 heavy (non-hydrogen) atoms. The number of ether oxygens (including phenoxy) is 1. The number of aromatic nitrogens is 3. The lowest BCUT2D eigenvalue weighted by Crippen LogP contribution is -2.29. The molecule has 3 heterocycles. The zero-order chi connectivity index (χ0) is 29.6. The van der Waals surface area contributed by atoms with Crippen LogP contribution in [0.2, 0.25) is 0 Å². The first-order valence-electron chi connectivity index (χ1n) is 14.0. The van der Waals surface area contributed by atoms with Crippen LogP contribution in [0.1, 0.15) is 12.0 Å². The Bertz CT molecular complexity index is 1570. The van der Waals surface area contributed by atoms with E-state index in [1.807, 2.05) is 26.4 Å². The van der Waals surface area contributed by atoms with Gasteiger partial charge in [0.1, 0.15) is 17.2 Å². The van der Waals surface area contributed by atoms with Gasteiger partial charge in [-0.05, 0) is 82.5 Å². The molecule has 11 heteroatoms. The average molecular weight is 573 g/mol. The molecular weight excluding hydrogens is 535 g/mol. The summed E-state index contributed by atoms with van der Waals surface area (Å²) in [5.74, 6) is 0.474. The van der Waals surface area contributed by atoms with E-state index in [4.69, 9.17) is 9.72 Å². The minimum atomic E-state index is -0.318. The fourth-order valence-corrected chi connectivity index (χ4v) is 4.93. The number of H-pyrrole nitrogens is 1. The molecule has 0 bridgehead atoms. The van der Waals surface area contributed by atoms with Crippen molar-refractivity contribution in [1.82, 2.24) is 24.8 Å². The Hall–Kier alpha value is -4.48. The second-order valence-electron chi connectivity index (χ2n) is 10.7. The summed E-state index contributed by atoms with van der Waals surface area (Å²) < 4.78 is 21.6. The minimum Gasteiger partial charge on any atom is -0.438 e. The van der Waals surface area contributed by atoms with Gasteiger partial charge in [-0.2, -0.15) is 9.97 Å². The van der Waals surface area contributed by atoms with Crippen LogP contribution in [0.3, 0.4) is 0 Å². The van der Waals surface area contributed by atoms with Gasteiger partial charge in [0.25, 0.3) is 0 Å². The summed E-state index contributed by atoms with van der Waals surface area (Å²) in [6.45, 7) is 7.82. The van der Waals surface area contributed by atoms with E-state index >= 15 is 4.39 Å². The highest BCUT2D eigenvalue weighted by molar-refractivity contribution is 5.99. The molecule has 1 saturated heterocycles. The van der Waals surface area contributed by atoms with Crippen LogP contribution in [0.5, 0.6) is 11.6 Å². The van der Waals surface area contributed by atoms with Crippen molar-refractivity contribution in [2.24, 2.45) is 0 Å². The molecule has 0 spiro atoms. The van der Waals surface area contributed by atoms with Crippen LogP contribution in [-0.2, 0) is 11.2 Å². The van der Waals surface area contributed by atoms with Gasteiger partial charge in [-0.25, -0.2) is 4.39 Å². The summed E-state index contributed by atoms with van der Waals surface area (Å²) in [6, 6.07) is 12.1. The smallest absolute Gasteiger partial charge is 0.247 e. The number of hydrogen-bond acceptors (Lipinski definition) is 8. The number of nitrogens with one attached hydrogen (secondary N) is 3. The van der Waals surface area contributed by atoms with Crippen molar-refractivity contribution in [3.63, 3.8) is 0 Å². The number of anilines is 4. The number of likely N-dealkylation sites (N-methyl/N-ethyl adjacent to an activating group) is 2. The topological polar surface area (TPSA) is 102 Å². The molecule has 0 aliphatic carbocycles. The van der Waals surface area contributed by atoms with Crippen LogP contribution < -0.4 is 20.3 Å². The third kappa shape index (κ3) is 7.04. The quantitative estimate of drug-likeness (QED) is 0.228. The van der Waals surface area contributed by atoms with Crippen molar-refractivity contribution >= 4 is 40.0 Å². The number of rotatable bonds is 10. The van der Waals surface area contributed by atoms with E-state index in [-0.39, 0.29) is 17.7 Å². The van der Waals surface area contributed by atoms with Crippen molar-refractivity contribution in [3.05, 3.63) is 72.7 Å². The monoisotopic (exact) mass is 572 g/mol. The lowest BCUT2D eigenvalue weighted by Gasteiger charge is -2.23. The first-order chi connectivity index (χ1) is 20.3. The molecule has 1 aliphatic rings. The molecule has 5 rings (SSSR count). The van der Waals surface area contributed by atoms with Gasteiger partial charge in [0.2, 0.25) is 17.7 Å². The van der Waals surface area contributed by atoms with Crippen molar-refractivity contribution in [1.29, 1.82) is 0 Å². The molecular formula is C31H37FN8O2. The maximum Gasteiger partial charge on any atom is 0.247 e. The summed E-state index contributed by atoms with van der Waals surface area (Å²) in [5.41, 5.74) is 3.29. The average Bonchev–Trinajstić information content (AvgIpc) is 3.25. The van der Waals surface area contributed by atoms with E-state index < -0.39 is 0 Å². The van der Waals surface area contributed by atoms with E-state index in [0.29, 0.717) is 34.3 Å². The minimum absolute atomic E-state index is 0.262. The van der Waals surface area contributed by atoms with Crippen LogP contribution in [-0.4, -0.2) is 84.5 Å². The fourth-order valence-electron chi connectivity index (χ4n) is 4.93. The summed E-state index contributed by atoms with van der Waals surface area (Å²) in [7, 11) is 6.13. The molecule has 1 amide bonds. The SMILES string of the molecule is C=CC(=O)Nc1cccc(Oc2nc(Nc3ccc(N4CCCN(C)CC4)c(F)c3)nc3[nH]cc(CCN(C)C)c23)c1. The second kappa shape index (κ2) is 13.0. The zero-order valence-corrected chi connectivity index (χ0v) is 24.3. The van der Waals surface area contributed by atoms with E-state index in [1.165, 1.54) is 12.1 Å². The van der Waals surface area contributed by atoms with Crippen LogP contribution in [0.4, 0.5) is 27.4 Å². The van der Waals surface area contributed by atoms with E-state index in [0.717, 1.165) is 56.5 Å². The zero-order valence-electron chi connectivity index (χ0n) is 24.3. The number of benzene rings is 2. The molecule has 1 fully saturated rings. The van der Waals surface area contributed by atoms with Crippen LogP contribution in [0, 0.1) is 5.82 Å². The Balaban J connectivity index is 1.44. The predicted molar refractivity (Wildman–Crippen MR) is 165 cm³/mol. The first kappa shape index (κ1) is 29.0. The molecule has 10 nitrogen and oxygen atoms in total. The van der Waals surface area contributed by atoms with Gasteiger partial charge in [0, 0.05) is 49.8 Å². The first-order valence-corrected chi connectivity index (χ1v) is 14.0. The largest absolute Gasteiger partial charge is 0.438 e. The van der Waals surface area contributed by atoms with Gasteiger partial charge in [-0.1, -0.05) is 12.6 Å². The Labute approximate surface area is 245 Å². The maximum atomic E-state index is 15.3. The Morgan fingerprint density at radius 1 is 1.14 bits per heavy atom. The van der Waals surface area contributed by atoms with E-state index in [1.54, 1.807) is 30.3 Å². The maximum absolute atomic E-state index is 15.3. The molecule has 220 valence electrons. The number of nitrogens with zero attached hydrogens (tertiary/aromatic N) is 5. The molecule has 0 saturated carbocycles. The van der Waals surface area contributed by atoms with E-state index in [2.05, 4.69) is 48.9 Å². The summed E-state index contributed by atoms with van der Waals surface area (Å²) in [5, 5.41) is 6.65. The molecule has 0 unspecified atom stereocenters. The highest BCUT2D eigenvalue weighted by atomic mass is 19.1. The number of carbonyl (C=O) groups excluding carboxylic acids is 1. The van der Waals surface area contributed by atoms with Gasteiger partial charge in [0.05, 0.1) is 11.1 Å². The molecule has 0 radical (unpaired) electrons. The Morgan fingerprint density at radius 2 is 2.00 bits per heavy atom. The fraction of sp³-hybridized carbons (Fsp3) is 0.323. The van der Waals surface area contributed by atoms with Crippen molar-refractivity contribution < 1.29 is 13.9 Å². The number of carbonyl (C=O) groups is 1. The highest BCUT2D eigenvalue weighted by Crippen LogP contribution is 2.33. The predicted octanol–water partition coefficient (Wildman–Crippen LogP) is 5.00. The number of aromatic amines is 1.